The number of nitrogens with zero attached hydrogens (tertiary/aromatic N) is 2. The van der Waals surface area contributed by atoms with Crippen molar-refractivity contribution in [3.05, 3.63) is 47.7 Å². The van der Waals surface area contributed by atoms with Crippen LogP contribution in [0.15, 0.2) is 30.3 Å². The van der Waals surface area contributed by atoms with Crippen molar-refractivity contribution in [3.8, 4) is 11.6 Å². The average molecular weight is 293 g/mol. The van der Waals surface area contributed by atoms with Gasteiger partial charge in [-0.2, -0.15) is 5.10 Å². The second-order valence-electron chi connectivity index (χ2n) is 5.06. The van der Waals surface area contributed by atoms with Gasteiger partial charge in [0.1, 0.15) is 5.82 Å². The maximum atomic E-state index is 13.4. The van der Waals surface area contributed by atoms with Gasteiger partial charge in [-0.15, -0.1) is 5.10 Å². The number of aromatic nitrogens is 2. The van der Waals surface area contributed by atoms with E-state index in [2.05, 4.69) is 29.4 Å². The Morgan fingerprint density at radius 1 is 1.14 bits per heavy atom. The van der Waals surface area contributed by atoms with Gasteiger partial charge in [-0.25, -0.2) is 8.78 Å². The van der Waals surface area contributed by atoms with E-state index in [0.717, 1.165) is 30.4 Å². The molecular formula is C15H17F2N3O. The average Bonchev–Trinajstić information content (AvgIpc) is 2.44. The molecule has 2 rings (SSSR count). The maximum Gasteiger partial charge on any atom is 0.239 e. The zero-order chi connectivity index (χ0) is 15.2. The Hall–Kier alpha value is -2.08. The van der Waals surface area contributed by atoms with E-state index in [0.29, 0.717) is 12.5 Å². The van der Waals surface area contributed by atoms with Gasteiger partial charge in [0.15, 0.2) is 11.6 Å². The molecule has 4 nitrogen and oxygen atoms in total. The SMILES string of the molecule is CC(C)CNCc1ccc(Oc2cc(F)ccc2F)nn1. The van der Waals surface area contributed by atoms with Crippen LogP contribution in [0.4, 0.5) is 8.78 Å². The molecule has 0 fully saturated rings. The predicted molar refractivity (Wildman–Crippen MR) is 75.0 cm³/mol. The lowest BCUT2D eigenvalue weighted by Gasteiger charge is -2.08. The summed E-state index contributed by atoms with van der Waals surface area (Å²) in [5, 5.41) is 11.0. The molecule has 2 aromatic rings. The lowest BCUT2D eigenvalue weighted by molar-refractivity contribution is 0.415. The first-order valence-corrected chi connectivity index (χ1v) is 6.71. The summed E-state index contributed by atoms with van der Waals surface area (Å²) in [6.07, 6.45) is 0. The van der Waals surface area contributed by atoms with Gasteiger partial charge in [0.05, 0.1) is 5.69 Å². The molecule has 0 radical (unpaired) electrons. The molecule has 0 saturated heterocycles. The highest BCUT2D eigenvalue weighted by Crippen LogP contribution is 2.23. The molecule has 112 valence electrons. The second-order valence-corrected chi connectivity index (χ2v) is 5.06. The molecule has 21 heavy (non-hydrogen) atoms. The number of ether oxygens (including phenoxy) is 1. The van der Waals surface area contributed by atoms with Crippen LogP contribution in [0, 0.1) is 17.6 Å². The minimum absolute atomic E-state index is 0.118. The topological polar surface area (TPSA) is 47.0 Å². The van der Waals surface area contributed by atoms with Crippen molar-refractivity contribution in [2.24, 2.45) is 5.92 Å². The molecule has 0 atom stereocenters. The van der Waals surface area contributed by atoms with E-state index in [9.17, 15) is 8.78 Å². The zero-order valence-electron chi connectivity index (χ0n) is 11.9. The van der Waals surface area contributed by atoms with Crippen LogP contribution in [0.5, 0.6) is 11.6 Å². The van der Waals surface area contributed by atoms with Gasteiger partial charge in [0.25, 0.3) is 0 Å². The molecule has 1 aromatic carbocycles. The lowest BCUT2D eigenvalue weighted by atomic mass is 10.2. The van der Waals surface area contributed by atoms with Gasteiger partial charge in [-0.1, -0.05) is 13.8 Å². The van der Waals surface area contributed by atoms with E-state index in [1.54, 1.807) is 12.1 Å². The predicted octanol–water partition coefficient (Wildman–Crippen LogP) is 3.29. The van der Waals surface area contributed by atoms with Crippen LogP contribution in [-0.2, 0) is 6.54 Å². The largest absolute Gasteiger partial charge is 0.434 e. The minimum Gasteiger partial charge on any atom is -0.434 e. The molecule has 1 N–H and O–H groups in total. The van der Waals surface area contributed by atoms with Gasteiger partial charge < -0.3 is 10.1 Å². The highest BCUT2D eigenvalue weighted by molar-refractivity contribution is 5.29. The third kappa shape index (κ3) is 4.75. The minimum atomic E-state index is -0.652. The highest BCUT2D eigenvalue weighted by Gasteiger charge is 2.07. The highest BCUT2D eigenvalue weighted by atomic mass is 19.1. The van der Waals surface area contributed by atoms with Crippen molar-refractivity contribution >= 4 is 0 Å². The fourth-order valence-corrected chi connectivity index (χ4v) is 1.65. The van der Waals surface area contributed by atoms with E-state index >= 15 is 0 Å². The van der Waals surface area contributed by atoms with Crippen molar-refractivity contribution < 1.29 is 13.5 Å². The Morgan fingerprint density at radius 2 is 1.95 bits per heavy atom. The zero-order valence-corrected chi connectivity index (χ0v) is 11.9. The molecule has 6 heteroatoms. The fourth-order valence-electron chi connectivity index (χ4n) is 1.65. The summed E-state index contributed by atoms with van der Waals surface area (Å²) in [5.41, 5.74) is 0.753. The summed E-state index contributed by atoms with van der Waals surface area (Å²) in [4.78, 5) is 0. The molecule has 1 heterocycles. The van der Waals surface area contributed by atoms with Gasteiger partial charge in [0, 0.05) is 18.7 Å². The first-order chi connectivity index (χ1) is 10.0. The second kappa shape index (κ2) is 7.08. The normalized spacial score (nSPS) is 10.9. The van der Waals surface area contributed by atoms with Crippen LogP contribution in [-0.4, -0.2) is 16.7 Å². The van der Waals surface area contributed by atoms with Crippen molar-refractivity contribution in [1.82, 2.24) is 15.5 Å². The Morgan fingerprint density at radius 3 is 2.62 bits per heavy atom. The number of benzene rings is 1. The van der Waals surface area contributed by atoms with Crippen LogP contribution in [0.2, 0.25) is 0 Å². The summed E-state index contributed by atoms with van der Waals surface area (Å²) >= 11 is 0. The first-order valence-electron chi connectivity index (χ1n) is 6.71. The fraction of sp³-hybridized carbons (Fsp3) is 0.333. The van der Waals surface area contributed by atoms with Crippen LogP contribution in [0.25, 0.3) is 0 Å². The molecule has 0 aliphatic rings. The summed E-state index contributed by atoms with van der Waals surface area (Å²) in [6.45, 7) is 5.71. The van der Waals surface area contributed by atoms with Crippen molar-refractivity contribution in [3.63, 3.8) is 0 Å². The number of hydrogen-bond acceptors (Lipinski definition) is 4. The molecule has 1 aromatic heterocycles. The Bertz CT molecular complexity index is 588. The van der Waals surface area contributed by atoms with E-state index in [1.165, 1.54) is 0 Å². The first kappa shape index (κ1) is 15.3. The smallest absolute Gasteiger partial charge is 0.239 e. The molecule has 0 bridgehead atoms. The Kier molecular flexibility index (Phi) is 5.16. The lowest BCUT2D eigenvalue weighted by Crippen LogP contribution is -2.19. The molecule has 0 aliphatic carbocycles. The van der Waals surface area contributed by atoms with Gasteiger partial charge >= 0.3 is 0 Å². The molecule has 0 spiro atoms. The summed E-state index contributed by atoms with van der Waals surface area (Å²) in [6, 6.07) is 6.30. The molecule has 0 saturated carbocycles. The molecular weight excluding hydrogens is 276 g/mol. The third-order valence-electron chi connectivity index (χ3n) is 2.66. The van der Waals surface area contributed by atoms with Crippen LogP contribution >= 0.6 is 0 Å². The monoisotopic (exact) mass is 293 g/mol. The summed E-state index contributed by atoms with van der Waals surface area (Å²) in [5.74, 6) is -0.770. The van der Waals surface area contributed by atoms with E-state index in [-0.39, 0.29) is 11.6 Å². The quantitative estimate of drug-likeness (QED) is 0.887. The number of halogens is 2. The van der Waals surface area contributed by atoms with Crippen LogP contribution < -0.4 is 10.1 Å². The summed E-state index contributed by atoms with van der Waals surface area (Å²) < 4.78 is 31.6. The maximum absolute atomic E-state index is 13.4. The van der Waals surface area contributed by atoms with Gasteiger partial charge in [-0.3, -0.25) is 0 Å². The number of rotatable bonds is 6. The van der Waals surface area contributed by atoms with E-state index in [4.69, 9.17) is 4.74 Å². The van der Waals surface area contributed by atoms with Crippen molar-refractivity contribution in [1.29, 1.82) is 0 Å². The number of hydrogen-bond donors (Lipinski definition) is 1. The standard InChI is InChI=1S/C15H17F2N3O/c1-10(2)8-18-9-12-4-6-15(20-19-12)21-14-7-11(16)3-5-13(14)17/h3-7,10,18H,8-9H2,1-2H3. The molecule has 0 amide bonds. The van der Waals surface area contributed by atoms with Crippen molar-refractivity contribution in [2.45, 2.75) is 20.4 Å². The van der Waals surface area contributed by atoms with E-state index < -0.39 is 11.6 Å². The molecule has 0 unspecified atom stereocenters. The third-order valence-corrected chi connectivity index (χ3v) is 2.66. The van der Waals surface area contributed by atoms with Gasteiger partial charge in [0.2, 0.25) is 5.88 Å². The van der Waals surface area contributed by atoms with E-state index in [1.807, 2.05) is 0 Å². The van der Waals surface area contributed by atoms with Crippen molar-refractivity contribution in [2.75, 3.05) is 6.54 Å². The Balaban J connectivity index is 1.97. The number of nitrogens with one attached hydrogen (secondary N) is 1. The van der Waals surface area contributed by atoms with Gasteiger partial charge in [-0.05, 0) is 30.7 Å². The molecule has 0 aliphatic heterocycles. The Labute approximate surface area is 122 Å². The van der Waals surface area contributed by atoms with Crippen LogP contribution in [0.1, 0.15) is 19.5 Å². The van der Waals surface area contributed by atoms with Crippen LogP contribution in [0.3, 0.4) is 0 Å². The summed E-state index contributed by atoms with van der Waals surface area (Å²) in [7, 11) is 0.